The molecule has 1 amide bonds. The van der Waals surface area contributed by atoms with Gasteiger partial charge in [0.15, 0.2) is 11.2 Å². The van der Waals surface area contributed by atoms with Gasteiger partial charge >= 0.3 is 0 Å². The SMILES string of the molecule is COc1ccc(OC)c(-c2csc(NC(=O)[C@@H](C)Oc3ccccc3)n2)c1. The summed E-state index contributed by atoms with van der Waals surface area (Å²) in [6, 6.07) is 14.7. The summed E-state index contributed by atoms with van der Waals surface area (Å²) in [5.41, 5.74) is 1.49. The molecule has 140 valence electrons. The fourth-order valence-corrected chi connectivity index (χ4v) is 3.15. The number of carbonyl (C=O) groups excluding carboxylic acids is 1. The third kappa shape index (κ3) is 4.57. The molecule has 6 nitrogen and oxygen atoms in total. The van der Waals surface area contributed by atoms with Gasteiger partial charge in [-0.2, -0.15) is 0 Å². The fraction of sp³-hybridized carbons (Fsp3) is 0.200. The molecule has 0 radical (unpaired) electrons. The third-order valence-electron chi connectivity index (χ3n) is 3.84. The highest BCUT2D eigenvalue weighted by molar-refractivity contribution is 7.14. The molecule has 1 N–H and O–H groups in total. The second kappa shape index (κ2) is 8.55. The first-order valence-electron chi connectivity index (χ1n) is 8.31. The maximum Gasteiger partial charge on any atom is 0.266 e. The van der Waals surface area contributed by atoms with Crippen LogP contribution in [-0.2, 0) is 4.79 Å². The molecule has 0 saturated carbocycles. The first-order chi connectivity index (χ1) is 13.1. The quantitative estimate of drug-likeness (QED) is 0.660. The van der Waals surface area contributed by atoms with E-state index in [-0.39, 0.29) is 5.91 Å². The lowest BCUT2D eigenvalue weighted by Gasteiger charge is -2.13. The summed E-state index contributed by atoms with van der Waals surface area (Å²) in [6.45, 7) is 1.70. The molecule has 0 aliphatic rings. The van der Waals surface area contributed by atoms with E-state index in [1.165, 1.54) is 11.3 Å². The van der Waals surface area contributed by atoms with E-state index in [2.05, 4.69) is 10.3 Å². The van der Waals surface area contributed by atoms with Crippen LogP contribution in [0.4, 0.5) is 5.13 Å². The van der Waals surface area contributed by atoms with Crippen LogP contribution in [0.25, 0.3) is 11.3 Å². The van der Waals surface area contributed by atoms with E-state index in [1.807, 2.05) is 41.8 Å². The molecule has 2 aromatic carbocycles. The van der Waals surface area contributed by atoms with E-state index < -0.39 is 6.10 Å². The molecule has 1 aromatic heterocycles. The molecule has 1 heterocycles. The largest absolute Gasteiger partial charge is 0.497 e. The monoisotopic (exact) mass is 384 g/mol. The Hall–Kier alpha value is -3.06. The Labute approximate surface area is 161 Å². The zero-order valence-corrected chi connectivity index (χ0v) is 16.1. The molecule has 0 bridgehead atoms. The van der Waals surface area contributed by atoms with Crippen molar-refractivity contribution in [1.29, 1.82) is 0 Å². The molecule has 0 saturated heterocycles. The van der Waals surface area contributed by atoms with Crippen LogP contribution in [0.2, 0.25) is 0 Å². The van der Waals surface area contributed by atoms with Gasteiger partial charge in [0.25, 0.3) is 5.91 Å². The van der Waals surface area contributed by atoms with Crippen LogP contribution in [-0.4, -0.2) is 31.2 Å². The molecule has 0 unspecified atom stereocenters. The van der Waals surface area contributed by atoms with Gasteiger partial charge in [-0.15, -0.1) is 11.3 Å². The number of aromatic nitrogens is 1. The summed E-state index contributed by atoms with van der Waals surface area (Å²) in [7, 11) is 3.20. The minimum atomic E-state index is -0.647. The zero-order chi connectivity index (χ0) is 19.2. The van der Waals surface area contributed by atoms with E-state index in [9.17, 15) is 4.79 Å². The number of amides is 1. The molecular formula is C20H20N2O4S. The highest BCUT2D eigenvalue weighted by Crippen LogP contribution is 2.35. The molecule has 3 rings (SSSR count). The predicted octanol–water partition coefficient (Wildman–Crippen LogP) is 4.23. The lowest BCUT2D eigenvalue weighted by atomic mass is 10.1. The minimum absolute atomic E-state index is 0.266. The molecule has 0 aliphatic heterocycles. The molecule has 3 aromatic rings. The number of carbonyl (C=O) groups is 1. The van der Waals surface area contributed by atoms with Gasteiger partial charge in [0, 0.05) is 10.9 Å². The molecule has 1 atom stereocenters. The second-order valence-electron chi connectivity index (χ2n) is 5.67. The Morgan fingerprint density at radius 3 is 2.56 bits per heavy atom. The van der Waals surface area contributed by atoms with Crippen LogP contribution in [0.5, 0.6) is 17.2 Å². The van der Waals surface area contributed by atoms with Crippen molar-refractivity contribution < 1.29 is 19.0 Å². The topological polar surface area (TPSA) is 69.7 Å². The lowest BCUT2D eigenvalue weighted by molar-refractivity contribution is -0.122. The summed E-state index contributed by atoms with van der Waals surface area (Å²) in [4.78, 5) is 16.9. The third-order valence-corrected chi connectivity index (χ3v) is 4.60. The van der Waals surface area contributed by atoms with Gasteiger partial charge in [-0.3, -0.25) is 10.1 Å². The van der Waals surface area contributed by atoms with Crippen molar-refractivity contribution in [3.63, 3.8) is 0 Å². The number of anilines is 1. The average Bonchev–Trinajstić information content (AvgIpc) is 3.16. The van der Waals surface area contributed by atoms with Gasteiger partial charge in [0.2, 0.25) is 0 Å². The number of benzene rings is 2. The zero-order valence-electron chi connectivity index (χ0n) is 15.3. The smallest absolute Gasteiger partial charge is 0.266 e. The number of para-hydroxylation sites is 1. The predicted molar refractivity (Wildman–Crippen MR) is 106 cm³/mol. The van der Waals surface area contributed by atoms with Crippen molar-refractivity contribution >= 4 is 22.4 Å². The summed E-state index contributed by atoms with van der Waals surface area (Å²) >= 11 is 1.33. The van der Waals surface area contributed by atoms with Gasteiger partial charge in [0.1, 0.15) is 17.2 Å². The second-order valence-corrected chi connectivity index (χ2v) is 6.52. The van der Waals surface area contributed by atoms with Crippen LogP contribution in [0.1, 0.15) is 6.92 Å². The Morgan fingerprint density at radius 1 is 1.07 bits per heavy atom. The van der Waals surface area contributed by atoms with E-state index in [0.29, 0.717) is 28.1 Å². The Balaban J connectivity index is 1.72. The summed E-state index contributed by atoms with van der Waals surface area (Å²) in [6.07, 6.45) is -0.647. The molecule has 0 aliphatic carbocycles. The highest BCUT2D eigenvalue weighted by atomic mass is 32.1. The number of hydrogen-bond acceptors (Lipinski definition) is 6. The average molecular weight is 384 g/mol. The maximum atomic E-state index is 12.4. The van der Waals surface area contributed by atoms with Crippen molar-refractivity contribution in [1.82, 2.24) is 4.98 Å². The molecular weight excluding hydrogens is 364 g/mol. The highest BCUT2D eigenvalue weighted by Gasteiger charge is 2.17. The van der Waals surface area contributed by atoms with Crippen LogP contribution in [0.15, 0.2) is 53.9 Å². The number of thiazole rings is 1. The van der Waals surface area contributed by atoms with E-state index >= 15 is 0 Å². The Morgan fingerprint density at radius 2 is 1.85 bits per heavy atom. The number of nitrogens with one attached hydrogen (secondary N) is 1. The fourth-order valence-electron chi connectivity index (χ4n) is 2.43. The van der Waals surface area contributed by atoms with Gasteiger partial charge < -0.3 is 14.2 Å². The van der Waals surface area contributed by atoms with Crippen molar-refractivity contribution in [2.45, 2.75) is 13.0 Å². The first-order valence-corrected chi connectivity index (χ1v) is 9.19. The molecule has 0 fully saturated rings. The summed E-state index contributed by atoms with van der Waals surface area (Å²) in [5.74, 6) is 1.76. The van der Waals surface area contributed by atoms with Crippen LogP contribution < -0.4 is 19.5 Å². The van der Waals surface area contributed by atoms with E-state index in [1.54, 1.807) is 33.3 Å². The van der Waals surface area contributed by atoms with Crippen molar-refractivity contribution in [3.05, 3.63) is 53.9 Å². The van der Waals surface area contributed by atoms with Crippen LogP contribution in [0, 0.1) is 0 Å². The van der Waals surface area contributed by atoms with E-state index in [4.69, 9.17) is 14.2 Å². The standard InChI is InChI=1S/C20H20N2O4S/c1-13(26-14-7-5-4-6-8-14)19(23)22-20-21-17(12-27-20)16-11-15(24-2)9-10-18(16)25-3/h4-13H,1-3H3,(H,21,22,23)/t13-/m1/s1. The maximum absolute atomic E-state index is 12.4. The van der Waals surface area contributed by atoms with Crippen molar-refractivity contribution in [3.8, 4) is 28.5 Å². The van der Waals surface area contributed by atoms with Gasteiger partial charge in [-0.05, 0) is 37.3 Å². The molecule has 27 heavy (non-hydrogen) atoms. The van der Waals surface area contributed by atoms with Crippen LogP contribution >= 0.6 is 11.3 Å². The lowest BCUT2D eigenvalue weighted by Crippen LogP contribution is -2.30. The van der Waals surface area contributed by atoms with Crippen molar-refractivity contribution in [2.24, 2.45) is 0 Å². The first kappa shape index (κ1) is 18.7. The normalized spacial score (nSPS) is 11.5. The number of ether oxygens (including phenoxy) is 3. The van der Waals surface area contributed by atoms with Crippen LogP contribution in [0.3, 0.4) is 0 Å². The summed E-state index contributed by atoms with van der Waals surface area (Å²) < 4.78 is 16.3. The van der Waals surface area contributed by atoms with E-state index in [0.717, 1.165) is 5.56 Å². The number of hydrogen-bond donors (Lipinski definition) is 1. The number of nitrogens with zero attached hydrogens (tertiary/aromatic N) is 1. The Bertz CT molecular complexity index is 911. The summed E-state index contributed by atoms with van der Waals surface area (Å²) in [5, 5.41) is 5.14. The van der Waals surface area contributed by atoms with Gasteiger partial charge in [-0.25, -0.2) is 4.98 Å². The number of rotatable bonds is 7. The van der Waals surface area contributed by atoms with Gasteiger partial charge in [-0.1, -0.05) is 18.2 Å². The Kier molecular flexibility index (Phi) is 5.93. The molecule has 7 heteroatoms. The minimum Gasteiger partial charge on any atom is -0.497 e. The number of methoxy groups -OCH3 is 2. The van der Waals surface area contributed by atoms with Crippen molar-refractivity contribution in [2.75, 3.05) is 19.5 Å². The molecule has 0 spiro atoms. The van der Waals surface area contributed by atoms with Gasteiger partial charge in [0.05, 0.1) is 19.9 Å².